The molecule has 4 aromatic rings. The number of para-hydroxylation sites is 1. The summed E-state index contributed by atoms with van der Waals surface area (Å²) in [4.78, 5) is 28.4. The third kappa shape index (κ3) is 7.27. The van der Waals surface area contributed by atoms with E-state index in [1.54, 1.807) is 24.3 Å². The van der Waals surface area contributed by atoms with Gasteiger partial charge in [0.25, 0.3) is 5.69 Å². The van der Waals surface area contributed by atoms with Crippen molar-refractivity contribution >= 4 is 32.8 Å². The number of aryl methyl sites for hydroxylation is 1. The van der Waals surface area contributed by atoms with Crippen molar-refractivity contribution < 1.29 is 31.3 Å². The number of halogens is 3. The lowest BCUT2D eigenvalue weighted by molar-refractivity contribution is -0.387. The second kappa shape index (κ2) is 12.5. The molecule has 42 heavy (non-hydrogen) atoms. The SMILES string of the molecule is CC(C)c1nc(-c2ccc(C(F)(F)F)cc2)sc1CCC(=O)c1ccc(CNS(=O)(=O)c2ccccc2[N+](=O)[O-])cc1. The summed E-state index contributed by atoms with van der Waals surface area (Å²) in [6.07, 6.45) is -3.84. The van der Waals surface area contributed by atoms with Crippen LogP contribution < -0.4 is 4.72 Å². The quantitative estimate of drug-likeness (QED) is 0.108. The number of carbonyl (C=O) groups excluding carboxylic acids is 1. The summed E-state index contributed by atoms with van der Waals surface area (Å²) in [6.45, 7) is 3.79. The van der Waals surface area contributed by atoms with Gasteiger partial charge in [0.05, 0.1) is 16.2 Å². The van der Waals surface area contributed by atoms with Gasteiger partial charge in [-0.15, -0.1) is 11.3 Å². The molecule has 0 atom stereocenters. The molecule has 0 unspecified atom stereocenters. The highest BCUT2D eigenvalue weighted by molar-refractivity contribution is 7.89. The van der Waals surface area contributed by atoms with E-state index in [1.165, 1.54) is 35.6 Å². The van der Waals surface area contributed by atoms with Crippen LogP contribution >= 0.6 is 11.3 Å². The highest BCUT2D eigenvalue weighted by Gasteiger charge is 2.30. The number of rotatable bonds is 11. The van der Waals surface area contributed by atoms with Crippen LogP contribution in [-0.2, 0) is 29.2 Å². The highest BCUT2D eigenvalue weighted by atomic mass is 32.2. The van der Waals surface area contributed by atoms with Crippen molar-refractivity contribution in [1.82, 2.24) is 9.71 Å². The van der Waals surface area contributed by atoms with Crippen LogP contribution in [-0.4, -0.2) is 24.1 Å². The first kappa shape index (κ1) is 31.0. The van der Waals surface area contributed by atoms with Crippen molar-refractivity contribution in [3.8, 4) is 10.6 Å². The lowest BCUT2D eigenvalue weighted by atomic mass is 10.0. The highest BCUT2D eigenvalue weighted by Crippen LogP contribution is 2.35. The van der Waals surface area contributed by atoms with Crippen LogP contribution in [0.2, 0.25) is 0 Å². The topological polar surface area (TPSA) is 119 Å². The summed E-state index contributed by atoms with van der Waals surface area (Å²) in [7, 11) is -4.15. The molecule has 0 saturated carbocycles. The molecule has 13 heteroatoms. The summed E-state index contributed by atoms with van der Waals surface area (Å²) in [5, 5.41) is 11.8. The molecule has 0 saturated heterocycles. The van der Waals surface area contributed by atoms with Gasteiger partial charge < -0.3 is 0 Å². The minimum absolute atomic E-state index is 0.0509. The molecule has 0 aliphatic rings. The number of benzene rings is 3. The lowest BCUT2D eigenvalue weighted by Crippen LogP contribution is -2.24. The van der Waals surface area contributed by atoms with Gasteiger partial charge in [-0.25, -0.2) is 18.1 Å². The van der Waals surface area contributed by atoms with Crippen LogP contribution in [0.3, 0.4) is 0 Å². The van der Waals surface area contributed by atoms with Crippen molar-refractivity contribution in [2.75, 3.05) is 0 Å². The van der Waals surface area contributed by atoms with Crippen molar-refractivity contribution in [3.05, 3.63) is 110 Å². The zero-order valence-electron chi connectivity index (χ0n) is 22.5. The van der Waals surface area contributed by atoms with Gasteiger partial charge in [-0.2, -0.15) is 13.2 Å². The number of aromatic nitrogens is 1. The van der Waals surface area contributed by atoms with E-state index < -0.39 is 37.3 Å². The summed E-state index contributed by atoms with van der Waals surface area (Å²) < 4.78 is 66.4. The van der Waals surface area contributed by atoms with E-state index in [9.17, 15) is 36.5 Å². The third-order valence-electron chi connectivity index (χ3n) is 6.41. The van der Waals surface area contributed by atoms with Gasteiger partial charge in [0.2, 0.25) is 10.0 Å². The molecule has 3 aromatic carbocycles. The zero-order chi connectivity index (χ0) is 30.7. The monoisotopic (exact) mass is 617 g/mol. The van der Waals surface area contributed by atoms with E-state index in [2.05, 4.69) is 9.71 Å². The standard InChI is InChI=1S/C29H26F3N3O5S2/c1-18(2)27-25(41-28(34-27)21-11-13-22(14-12-21)29(30,31)32)16-15-24(36)20-9-7-19(8-10-20)17-33-42(39,40)26-6-4-3-5-23(26)35(37)38/h3-14,18,33H,15-17H2,1-2H3. The molecule has 4 rings (SSSR count). The fourth-order valence-electron chi connectivity index (χ4n) is 4.19. The van der Waals surface area contributed by atoms with Crippen LogP contribution in [0, 0.1) is 10.1 Å². The van der Waals surface area contributed by atoms with Crippen LogP contribution in [0.4, 0.5) is 18.9 Å². The number of nitrogens with zero attached hydrogens (tertiary/aromatic N) is 2. The maximum atomic E-state index is 12.9. The smallest absolute Gasteiger partial charge is 0.294 e. The van der Waals surface area contributed by atoms with E-state index in [-0.39, 0.29) is 24.7 Å². The molecule has 0 aliphatic heterocycles. The number of hydrogen-bond donors (Lipinski definition) is 1. The fourth-order valence-corrected chi connectivity index (χ4v) is 6.60. The fraction of sp³-hybridized carbons (Fsp3) is 0.241. The van der Waals surface area contributed by atoms with Crippen LogP contribution in [0.15, 0.2) is 77.7 Å². The maximum Gasteiger partial charge on any atom is 0.416 e. The summed E-state index contributed by atoms with van der Waals surface area (Å²) in [5.74, 6) is -0.0869. The molecule has 0 spiro atoms. The van der Waals surface area contributed by atoms with E-state index >= 15 is 0 Å². The molecule has 0 fully saturated rings. The zero-order valence-corrected chi connectivity index (χ0v) is 24.1. The molecular formula is C29H26F3N3O5S2. The van der Waals surface area contributed by atoms with Crippen molar-refractivity contribution in [1.29, 1.82) is 0 Å². The molecule has 1 aromatic heterocycles. The van der Waals surface area contributed by atoms with Crippen LogP contribution in [0.5, 0.6) is 0 Å². The van der Waals surface area contributed by atoms with E-state index in [0.29, 0.717) is 28.1 Å². The molecule has 0 amide bonds. The Hall–Kier alpha value is -3.94. The Bertz CT molecular complexity index is 1700. The second-order valence-electron chi connectivity index (χ2n) is 9.73. The van der Waals surface area contributed by atoms with Gasteiger partial charge in [0.1, 0.15) is 5.01 Å². The molecule has 1 N–H and O–H groups in total. The predicted octanol–water partition coefficient (Wildman–Crippen LogP) is 7.15. The molecule has 0 bridgehead atoms. The number of Topliss-reactive ketones (excluding diaryl/α,β-unsaturated/α-hetero) is 1. The molecule has 0 aliphatic carbocycles. The van der Waals surface area contributed by atoms with E-state index in [0.717, 1.165) is 34.8 Å². The van der Waals surface area contributed by atoms with Crippen LogP contribution in [0.1, 0.15) is 58.2 Å². The molecule has 1 heterocycles. The third-order valence-corrected chi connectivity index (χ3v) is 9.04. The lowest BCUT2D eigenvalue weighted by Gasteiger charge is -2.08. The van der Waals surface area contributed by atoms with Gasteiger partial charge in [-0.3, -0.25) is 14.9 Å². The molecule has 0 radical (unpaired) electrons. The summed E-state index contributed by atoms with van der Waals surface area (Å²) >= 11 is 1.35. The molecule has 8 nitrogen and oxygen atoms in total. The average Bonchev–Trinajstić information content (AvgIpc) is 3.39. The molecular weight excluding hydrogens is 591 g/mol. The summed E-state index contributed by atoms with van der Waals surface area (Å²) in [6, 6.07) is 16.2. The first-order valence-electron chi connectivity index (χ1n) is 12.8. The second-order valence-corrected chi connectivity index (χ2v) is 12.5. The number of sulfonamides is 1. The number of nitro groups is 1. The normalized spacial score (nSPS) is 12.0. The van der Waals surface area contributed by atoms with Crippen molar-refractivity contribution in [2.45, 2.75) is 50.2 Å². The van der Waals surface area contributed by atoms with Gasteiger partial charge in [0.15, 0.2) is 10.7 Å². The first-order chi connectivity index (χ1) is 19.8. The number of alkyl halides is 3. The Morgan fingerprint density at radius 3 is 2.26 bits per heavy atom. The van der Waals surface area contributed by atoms with Crippen molar-refractivity contribution in [3.63, 3.8) is 0 Å². The predicted molar refractivity (Wildman–Crippen MR) is 153 cm³/mol. The largest absolute Gasteiger partial charge is 0.416 e. The molecule has 220 valence electrons. The van der Waals surface area contributed by atoms with Gasteiger partial charge >= 0.3 is 6.18 Å². The average molecular weight is 618 g/mol. The number of thiazole rings is 1. The summed E-state index contributed by atoms with van der Waals surface area (Å²) in [5.41, 5.74) is 1.09. The number of ketones is 1. The number of hydrogen-bond acceptors (Lipinski definition) is 7. The van der Waals surface area contributed by atoms with Gasteiger partial charge in [-0.1, -0.05) is 62.4 Å². The Morgan fingerprint density at radius 1 is 1.02 bits per heavy atom. The maximum absolute atomic E-state index is 12.9. The van der Waals surface area contributed by atoms with Crippen LogP contribution in [0.25, 0.3) is 10.6 Å². The van der Waals surface area contributed by atoms with Gasteiger partial charge in [-0.05, 0) is 36.1 Å². The van der Waals surface area contributed by atoms with Crippen molar-refractivity contribution in [2.24, 2.45) is 0 Å². The Kier molecular flexibility index (Phi) is 9.24. The Balaban J connectivity index is 1.40. The Morgan fingerprint density at radius 2 is 1.67 bits per heavy atom. The minimum atomic E-state index is -4.42. The first-order valence-corrected chi connectivity index (χ1v) is 15.1. The van der Waals surface area contributed by atoms with Gasteiger partial charge in [0, 0.05) is 35.0 Å². The number of nitrogens with one attached hydrogen (secondary N) is 1. The number of nitro benzene ring substituents is 1. The van der Waals surface area contributed by atoms with E-state index in [1.807, 2.05) is 13.8 Å². The Labute approximate surface area is 244 Å². The van der Waals surface area contributed by atoms with E-state index in [4.69, 9.17) is 0 Å². The number of carbonyl (C=O) groups is 1. The minimum Gasteiger partial charge on any atom is -0.294 e.